The molecular weight excluding hydrogens is 887 g/mol. The molecular formula is C64H41N5OS. The number of rotatable bonds is 8. The van der Waals surface area contributed by atoms with E-state index in [9.17, 15) is 0 Å². The van der Waals surface area contributed by atoms with Crippen molar-refractivity contribution in [3.8, 4) is 56.7 Å². The lowest BCUT2D eigenvalue weighted by atomic mass is 9.96. The van der Waals surface area contributed by atoms with Crippen molar-refractivity contribution in [2.24, 2.45) is 0 Å². The van der Waals surface area contributed by atoms with E-state index in [0.717, 1.165) is 88.3 Å². The highest BCUT2D eigenvalue weighted by Crippen LogP contribution is 2.45. The Balaban J connectivity index is 1.02. The molecule has 0 spiro atoms. The second kappa shape index (κ2) is 16.2. The third-order valence-corrected chi connectivity index (χ3v) is 15.0. The van der Waals surface area contributed by atoms with Crippen molar-refractivity contribution in [3.63, 3.8) is 0 Å². The highest BCUT2D eigenvalue weighted by Gasteiger charge is 2.26. The van der Waals surface area contributed by atoms with E-state index >= 15 is 0 Å². The molecule has 0 aliphatic rings. The summed E-state index contributed by atoms with van der Waals surface area (Å²) in [4.78, 5) is 16.3. The van der Waals surface area contributed by atoms with Gasteiger partial charge in [-0.05, 0) is 83.8 Å². The summed E-state index contributed by atoms with van der Waals surface area (Å²) in [6.45, 7) is 6.39. The van der Waals surface area contributed by atoms with Gasteiger partial charge in [0.25, 0.3) is 0 Å². The maximum atomic E-state index is 6.69. The molecule has 6 nitrogen and oxygen atoms in total. The molecule has 5 heterocycles. The van der Waals surface area contributed by atoms with Crippen LogP contribution < -0.4 is 0 Å². The Bertz CT molecular complexity index is 4480. The van der Waals surface area contributed by atoms with Crippen molar-refractivity contribution in [1.29, 1.82) is 0 Å². The summed E-state index contributed by atoms with van der Waals surface area (Å²) in [5.74, 6) is 1.63. The zero-order valence-electron chi connectivity index (χ0n) is 38.5. The fraction of sp³-hybridized carbons (Fsp3) is 0.0156. The first-order chi connectivity index (χ1) is 35.1. The minimum absolute atomic E-state index is 0.512. The van der Waals surface area contributed by atoms with Crippen LogP contribution in [-0.4, -0.2) is 24.1 Å². The minimum atomic E-state index is 0.512. The van der Waals surface area contributed by atoms with Gasteiger partial charge in [-0.3, -0.25) is 4.57 Å². The van der Waals surface area contributed by atoms with Crippen LogP contribution in [0.25, 0.3) is 144 Å². The van der Waals surface area contributed by atoms with E-state index in [4.69, 9.17) is 19.4 Å². The molecule has 14 rings (SSSR count). The molecule has 0 fully saturated rings. The average molecular weight is 928 g/mol. The molecule has 9 aromatic carbocycles. The second-order valence-corrected chi connectivity index (χ2v) is 19.0. The third-order valence-electron chi connectivity index (χ3n) is 13.9. The molecule has 5 aromatic heterocycles. The highest BCUT2D eigenvalue weighted by atomic mass is 32.1. The Labute approximate surface area is 412 Å². The van der Waals surface area contributed by atoms with E-state index in [2.05, 4.69) is 205 Å². The zero-order valence-corrected chi connectivity index (χ0v) is 39.4. The topological polar surface area (TPSA) is 61.7 Å². The van der Waals surface area contributed by atoms with Gasteiger partial charge in [-0.15, -0.1) is 11.3 Å². The van der Waals surface area contributed by atoms with Gasteiger partial charge in [0.15, 0.2) is 11.6 Å². The van der Waals surface area contributed by atoms with Gasteiger partial charge in [-0.25, -0.2) is 4.98 Å². The Morgan fingerprint density at radius 1 is 0.479 bits per heavy atom. The Morgan fingerprint density at radius 2 is 1.17 bits per heavy atom. The van der Waals surface area contributed by atoms with Gasteiger partial charge in [0, 0.05) is 69.5 Å². The van der Waals surface area contributed by atoms with Crippen LogP contribution in [0.5, 0.6) is 0 Å². The van der Waals surface area contributed by atoms with Crippen LogP contribution in [0.15, 0.2) is 217 Å². The quantitative estimate of drug-likeness (QED) is 0.152. The lowest BCUT2D eigenvalue weighted by molar-refractivity contribution is 0.669. The van der Waals surface area contributed by atoms with Crippen LogP contribution >= 0.6 is 11.3 Å². The summed E-state index contributed by atoms with van der Waals surface area (Å²) in [6.07, 6.45) is 6.23. The highest BCUT2D eigenvalue weighted by molar-refractivity contribution is 7.26. The number of furan rings is 1. The first-order valence-corrected chi connectivity index (χ1v) is 24.6. The molecule has 0 aliphatic heterocycles. The zero-order chi connectivity index (χ0) is 47.2. The Kier molecular flexibility index (Phi) is 9.34. The summed E-state index contributed by atoms with van der Waals surface area (Å²) >= 11 is 1.84. The van der Waals surface area contributed by atoms with Crippen LogP contribution in [0.1, 0.15) is 18.2 Å². The molecule has 14 aromatic rings. The van der Waals surface area contributed by atoms with Crippen LogP contribution in [0.3, 0.4) is 0 Å². The average Bonchev–Trinajstić information content (AvgIpc) is 4.18. The van der Waals surface area contributed by atoms with E-state index in [-0.39, 0.29) is 0 Å². The lowest BCUT2D eigenvalue weighted by Crippen LogP contribution is -2.07. The molecule has 0 saturated heterocycles. The molecule has 0 aliphatic carbocycles. The van der Waals surface area contributed by atoms with Crippen molar-refractivity contribution < 1.29 is 4.42 Å². The van der Waals surface area contributed by atoms with Crippen molar-refractivity contribution >= 4 is 98.3 Å². The maximum Gasteiger partial charge on any atom is 0.238 e. The number of allylic oxidation sites excluding steroid dienone is 1. The second-order valence-electron chi connectivity index (χ2n) is 17.9. The van der Waals surface area contributed by atoms with E-state index in [1.807, 2.05) is 47.7 Å². The predicted octanol–water partition coefficient (Wildman–Crippen LogP) is 17.5. The summed E-state index contributed by atoms with van der Waals surface area (Å²) in [5, 5.41) is 7.72. The van der Waals surface area contributed by atoms with Gasteiger partial charge >= 0.3 is 0 Å². The van der Waals surface area contributed by atoms with Crippen molar-refractivity contribution in [1.82, 2.24) is 24.1 Å². The number of fused-ring (bicyclic) bond motifs is 11. The van der Waals surface area contributed by atoms with Crippen LogP contribution in [0, 0.1) is 0 Å². The van der Waals surface area contributed by atoms with Crippen LogP contribution in [0.2, 0.25) is 0 Å². The van der Waals surface area contributed by atoms with Gasteiger partial charge in [0.05, 0.1) is 22.2 Å². The summed E-state index contributed by atoms with van der Waals surface area (Å²) in [7, 11) is 0. The molecule has 71 heavy (non-hydrogen) atoms. The maximum absolute atomic E-state index is 6.69. The first-order valence-electron chi connectivity index (χ1n) is 23.8. The fourth-order valence-electron chi connectivity index (χ4n) is 10.8. The van der Waals surface area contributed by atoms with E-state index in [1.165, 1.54) is 36.9 Å². The summed E-state index contributed by atoms with van der Waals surface area (Å²) in [6, 6.07) is 70.6. The van der Waals surface area contributed by atoms with Gasteiger partial charge in [-0.1, -0.05) is 170 Å². The fourth-order valence-corrected chi connectivity index (χ4v) is 12.0. The van der Waals surface area contributed by atoms with Crippen LogP contribution in [0.4, 0.5) is 0 Å². The number of aromatic nitrogens is 5. The molecule has 0 saturated carbocycles. The SMILES string of the molecule is C=Cc1c(/C=C\C)n(-c2ccccc2)c2c1ccc1c3ccccc3n(-c3nc(-c4ccccc4)nc(-c4cccc5oc6ccc(-c7cccc8sc9cc(-c%10ccccc%10)ccc9c78)cc6c45)n3)c12. The largest absolute Gasteiger partial charge is 0.456 e. The van der Waals surface area contributed by atoms with Crippen molar-refractivity contribution in [2.75, 3.05) is 0 Å². The molecule has 0 N–H and O–H groups in total. The predicted molar refractivity (Wildman–Crippen MR) is 298 cm³/mol. The first kappa shape index (κ1) is 40.9. The van der Waals surface area contributed by atoms with E-state index in [0.29, 0.717) is 17.6 Å². The normalized spacial score (nSPS) is 12.0. The van der Waals surface area contributed by atoms with Crippen molar-refractivity contribution in [2.45, 2.75) is 6.92 Å². The summed E-state index contributed by atoms with van der Waals surface area (Å²) in [5.41, 5.74) is 14.2. The number of para-hydroxylation sites is 2. The van der Waals surface area contributed by atoms with Crippen molar-refractivity contribution in [3.05, 3.63) is 224 Å². The van der Waals surface area contributed by atoms with Gasteiger partial charge < -0.3 is 8.98 Å². The number of hydrogen-bond donors (Lipinski definition) is 0. The monoisotopic (exact) mass is 927 g/mol. The third kappa shape index (κ3) is 6.37. The Morgan fingerprint density at radius 3 is 1.99 bits per heavy atom. The van der Waals surface area contributed by atoms with Gasteiger partial charge in [0.1, 0.15) is 11.2 Å². The van der Waals surface area contributed by atoms with E-state index in [1.54, 1.807) is 0 Å². The lowest BCUT2D eigenvalue weighted by Gasteiger charge is -2.14. The summed E-state index contributed by atoms with van der Waals surface area (Å²) < 4.78 is 13.8. The van der Waals surface area contributed by atoms with Gasteiger partial charge in [-0.2, -0.15) is 9.97 Å². The molecule has 0 amide bonds. The standard InChI is InChI=1S/C64H41N5OS/c1-3-18-52-44(4-2)47-34-35-48-46-25-14-15-28-53(46)69(61(48)60(47)68(52)43-23-12-7-13-24-43)64-66-62(40-21-10-6-11-22-40)65-63(67-64)50-27-16-29-55-58(50)51-37-42(32-36-54(51)70-55)45-26-17-30-56-59(45)49-33-31-41(38-57(49)71-56)39-19-8-5-9-20-39/h3-38H,2H2,1H3/b18-3-. The number of benzene rings is 9. The minimum Gasteiger partial charge on any atom is -0.456 e. The molecule has 0 unspecified atom stereocenters. The van der Waals surface area contributed by atoms with Crippen LogP contribution in [-0.2, 0) is 0 Å². The molecule has 0 atom stereocenters. The molecule has 0 radical (unpaired) electrons. The number of hydrogen-bond acceptors (Lipinski definition) is 5. The molecule has 0 bridgehead atoms. The smallest absolute Gasteiger partial charge is 0.238 e. The van der Waals surface area contributed by atoms with E-state index < -0.39 is 0 Å². The number of nitrogens with zero attached hydrogens (tertiary/aromatic N) is 5. The molecule has 7 heteroatoms. The Hall–Kier alpha value is -9.17. The molecule has 334 valence electrons. The number of thiophene rings is 1. The van der Waals surface area contributed by atoms with Gasteiger partial charge in [0.2, 0.25) is 5.95 Å².